The molecule has 2 saturated heterocycles. The summed E-state index contributed by atoms with van der Waals surface area (Å²) in [5, 5.41) is -0.346. The molecular formula is C20H39BO6PSSi. The summed E-state index contributed by atoms with van der Waals surface area (Å²) in [6.07, 6.45) is 0.345. The van der Waals surface area contributed by atoms with Gasteiger partial charge < -0.3 is 23.1 Å². The maximum atomic E-state index is 12.1. The third-order valence-corrected chi connectivity index (χ3v) is 11.5. The Morgan fingerprint density at radius 3 is 2.13 bits per heavy atom. The lowest BCUT2D eigenvalue weighted by Crippen LogP contribution is -2.64. The van der Waals surface area contributed by atoms with Crippen LogP contribution in [0.3, 0.4) is 0 Å². The Morgan fingerprint density at radius 2 is 1.70 bits per heavy atom. The van der Waals surface area contributed by atoms with Crippen molar-refractivity contribution >= 4 is 41.7 Å². The quantitative estimate of drug-likeness (QED) is 0.310. The Morgan fingerprint density at radius 1 is 1.13 bits per heavy atom. The topological polar surface area (TPSA) is 63.2 Å². The average molecular weight is 477 g/mol. The van der Waals surface area contributed by atoms with Gasteiger partial charge in [-0.05, 0) is 29.1 Å². The third kappa shape index (κ3) is 4.97. The molecule has 0 N–H and O–H groups in total. The molecule has 2 fully saturated rings. The van der Waals surface area contributed by atoms with Crippen LogP contribution in [0, 0.1) is 11.8 Å². The minimum Gasteiger partial charge on any atom is -0.449 e. The number of hydrogen-bond donors (Lipinski definition) is 0. The molecule has 10 heteroatoms. The maximum absolute atomic E-state index is 12.1. The van der Waals surface area contributed by atoms with Crippen molar-refractivity contribution in [1.29, 1.82) is 0 Å². The molecular weight excluding hydrogens is 438 g/mol. The van der Waals surface area contributed by atoms with Crippen LogP contribution in [0.2, 0.25) is 11.1 Å². The van der Waals surface area contributed by atoms with Gasteiger partial charge in [-0.1, -0.05) is 55.4 Å². The van der Waals surface area contributed by atoms with Gasteiger partial charge in [0.2, 0.25) is 0 Å². The predicted molar refractivity (Wildman–Crippen MR) is 128 cm³/mol. The molecule has 0 saturated carbocycles. The van der Waals surface area contributed by atoms with Gasteiger partial charge in [-0.3, -0.25) is 0 Å². The molecule has 0 bridgehead atoms. The van der Waals surface area contributed by atoms with Crippen molar-refractivity contribution < 1.29 is 27.9 Å². The van der Waals surface area contributed by atoms with Gasteiger partial charge in [0, 0.05) is 11.8 Å². The smallest absolute Gasteiger partial charge is 0.367 e. The molecule has 0 aromatic heterocycles. The first kappa shape index (κ1) is 26.6. The van der Waals surface area contributed by atoms with E-state index in [0.29, 0.717) is 6.61 Å². The molecule has 0 aliphatic carbocycles. The van der Waals surface area contributed by atoms with Crippen molar-refractivity contribution in [3.05, 3.63) is 0 Å². The molecule has 0 amide bonds. The molecule has 6 nitrogen and oxygen atoms in total. The number of carbonyl (C=O) groups is 1. The number of carbonyl (C=O) groups excluding carboxylic acids is 1. The molecule has 0 spiro atoms. The van der Waals surface area contributed by atoms with Crippen molar-refractivity contribution in [3.8, 4) is 0 Å². The number of rotatable bonds is 6. The second-order valence-electron chi connectivity index (χ2n) is 9.43. The fraction of sp³-hybridized carbons (Fsp3) is 0.950. The van der Waals surface area contributed by atoms with E-state index in [-0.39, 0.29) is 40.3 Å². The Hall–Kier alpha value is 0.372. The zero-order valence-corrected chi connectivity index (χ0v) is 22.8. The molecule has 5 atom stereocenters. The zero-order valence-electron chi connectivity index (χ0n) is 19.8. The molecule has 173 valence electrons. The summed E-state index contributed by atoms with van der Waals surface area (Å²) in [5.41, 5.74) is 0.482. The van der Waals surface area contributed by atoms with Gasteiger partial charge >= 0.3 is 13.9 Å². The zero-order chi connectivity index (χ0) is 22.9. The first-order valence-electron chi connectivity index (χ1n) is 10.9. The van der Waals surface area contributed by atoms with Crippen LogP contribution in [0.15, 0.2) is 0 Å². The molecule has 2 unspecified atom stereocenters. The molecule has 30 heavy (non-hydrogen) atoms. The van der Waals surface area contributed by atoms with E-state index in [1.165, 1.54) is 0 Å². The first-order chi connectivity index (χ1) is 13.9. The van der Waals surface area contributed by atoms with Gasteiger partial charge in [0.1, 0.15) is 12.2 Å². The van der Waals surface area contributed by atoms with E-state index in [2.05, 4.69) is 64.5 Å². The van der Waals surface area contributed by atoms with Crippen LogP contribution in [0.4, 0.5) is 4.79 Å². The lowest BCUT2D eigenvalue weighted by atomic mass is 9.88. The Kier molecular flexibility index (Phi) is 9.35. The van der Waals surface area contributed by atoms with Gasteiger partial charge in [0.05, 0.1) is 12.6 Å². The van der Waals surface area contributed by atoms with E-state index in [0.717, 1.165) is 11.8 Å². The van der Waals surface area contributed by atoms with Crippen molar-refractivity contribution in [3.63, 3.8) is 0 Å². The Labute approximate surface area is 190 Å². The number of ether oxygens (including phenoxy) is 3. The summed E-state index contributed by atoms with van der Waals surface area (Å²) in [5.74, 6) is -0.729. The maximum Gasteiger partial charge on any atom is 0.367 e. The van der Waals surface area contributed by atoms with Gasteiger partial charge in [0.25, 0.3) is 0 Å². The van der Waals surface area contributed by atoms with Gasteiger partial charge in [-0.25, -0.2) is 4.79 Å². The summed E-state index contributed by atoms with van der Waals surface area (Å²) < 4.78 is 32.6. The lowest BCUT2D eigenvalue weighted by Gasteiger charge is -2.53. The van der Waals surface area contributed by atoms with Crippen LogP contribution < -0.4 is 0 Å². The van der Waals surface area contributed by atoms with E-state index < -0.39 is 26.6 Å². The van der Waals surface area contributed by atoms with Crippen molar-refractivity contribution in [2.75, 3.05) is 12.9 Å². The minimum absolute atomic E-state index is 0.0696. The number of fused-ring (bicyclic) bond motifs is 1. The highest BCUT2D eigenvalue weighted by molar-refractivity contribution is 8.12. The van der Waals surface area contributed by atoms with Crippen LogP contribution in [0.5, 0.6) is 0 Å². The van der Waals surface area contributed by atoms with Crippen molar-refractivity contribution in [2.24, 2.45) is 11.8 Å². The fourth-order valence-corrected chi connectivity index (χ4v) is 9.11. The van der Waals surface area contributed by atoms with Crippen molar-refractivity contribution in [2.45, 2.75) is 96.6 Å². The van der Waals surface area contributed by atoms with Crippen LogP contribution >= 0.6 is 20.9 Å². The van der Waals surface area contributed by atoms with E-state index in [9.17, 15) is 4.79 Å². The highest BCUT2D eigenvalue weighted by Crippen LogP contribution is 2.47. The first-order valence-corrected chi connectivity index (χ1v) is 14.8. The SMILES string of the molecule is CSC(=O)OC1[C@H]([B]P)O[C@@H]2CO[Si](C(C)C)(C(C)C)OC(C(C)C)(C(C)C)O[C@H]12. The average Bonchev–Trinajstić information content (AvgIpc) is 2.96. The molecule has 0 aromatic rings. The summed E-state index contributed by atoms with van der Waals surface area (Å²) in [6.45, 7) is 19.4. The standard InChI is InChI=1S/C20H39BO6PSSi/c1-11(2)20(12(3)4)26-16-15(10-23-30(27-20,13(5)6)14(7)8)24-18(21-28)17(16)25-19(22)29-9/h11-18H,10,28H2,1-9H3/t15-,16+,17?,18-/m1/s1. The molecule has 2 aliphatic heterocycles. The summed E-state index contributed by atoms with van der Waals surface area (Å²) in [4.78, 5) is 12.1. The third-order valence-electron chi connectivity index (χ3n) is 6.27. The van der Waals surface area contributed by atoms with Crippen LogP contribution in [-0.4, -0.2) is 63.8 Å². The largest absolute Gasteiger partial charge is 0.449 e. The highest BCUT2D eigenvalue weighted by Gasteiger charge is 2.60. The molecule has 1 radical (unpaired) electrons. The van der Waals surface area contributed by atoms with E-state index in [1.807, 2.05) is 7.00 Å². The van der Waals surface area contributed by atoms with Gasteiger partial charge in [0.15, 0.2) is 18.9 Å². The summed E-state index contributed by atoms with van der Waals surface area (Å²) in [7, 11) is -0.0947. The van der Waals surface area contributed by atoms with Crippen LogP contribution in [-0.2, 0) is 23.1 Å². The summed E-state index contributed by atoms with van der Waals surface area (Å²) in [6, 6.07) is -0.381. The van der Waals surface area contributed by atoms with Crippen LogP contribution in [0.25, 0.3) is 0 Å². The molecule has 2 heterocycles. The fourth-order valence-electron chi connectivity index (χ4n) is 4.62. The molecule has 2 aliphatic rings. The second kappa shape index (κ2) is 10.5. The normalized spacial score (nSPS) is 31.0. The lowest BCUT2D eigenvalue weighted by molar-refractivity contribution is -0.297. The van der Waals surface area contributed by atoms with E-state index in [4.69, 9.17) is 23.1 Å². The predicted octanol–water partition coefficient (Wildman–Crippen LogP) is 4.78. The van der Waals surface area contributed by atoms with Gasteiger partial charge in [-0.15, -0.1) is 0 Å². The minimum atomic E-state index is -2.67. The highest BCUT2D eigenvalue weighted by atomic mass is 32.2. The number of hydrogen-bond acceptors (Lipinski definition) is 7. The summed E-state index contributed by atoms with van der Waals surface area (Å²) >= 11 is 1.04. The molecule has 2 rings (SSSR count). The second-order valence-corrected chi connectivity index (χ2v) is 14.8. The van der Waals surface area contributed by atoms with E-state index >= 15 is 0 Å². The number of thioether (sulfide) groups is 1. The van der Waals surface area contributed by atoms with Gasteiger partial charge in [-0.2, -0.15) is 9.12 Å². The monoisotopic (exact) mass is 477 g/mol. The molecule has 0 aromatic carbocycles. The van der Waals surface area contributed by atoms with Crippen LogP contribution in [0.1, 0.15) is 55.4 Å². The van der Waals surface area contributed by atoms with E-state index in [1.54, 1.807) is 6.26 Å². The Balaban J connectivity index is 2.55. The van der Waals surface area contributed by atoms with Crippen molar-refractivity contribution in [1.82, 2.24) is 0 Å². The Bertz CT molecular complexity index is 578.